The first kappa shape index (κ1) is 16.2. The molecule has 0 bridgehead atoms. The van der Waals surface area contributed by atoms with Crippen LogP contribution in [-0.4, -0.2) is 28.1 Å². The summed E-state index contributed by atoms with van der Waals surface area (Å²) in [6.45, 7) is 7.75. The monoisotopic (exact) mass is 323 g/mol. The number of allylic oxidation sites excluding steroid dienone is 2. The van der Waals surface area contributed by atoms with Gasteiger partial charge in [0.25, 0.3) is 11.8 Å². The number of anilines is 1. The number of hydrogen-bond acceptors (Lipinski definition) is 3. The van der Waals surface area contributed by atoms with Crippen molar-refractivity contribution in [1.29, 1.82) is 0 Å². The predicted octanol–water partition coefficient (Wildman–Crippen LogP) is 3.02. The fraction of sp³-hybridized carbons (Fsp3) is 0.316. The largest absolute Gasteiger partial charge is 0.324 e. The van der Waals surface area contributed by atoms with Crippen molar-refractivity contribution < 1.29 is 9.59 Å². The van der Waals surface area contributed by atoms with E-state index in [4.69, 9.17) is 0 Å². The zero-order valence-corrected chi connectivity index (χ0v) is 14.4. The molecule has 24 heavy (non-hydrogen) atoms. The van der Waals surface area contributed by atoms with Gasteiger partial charge in [0.1, 0.15) is 11.4 Å². The fourth-order valence-electron chi connectivity index (χ4n) is 3.30. The van der Waals surface area contributed by atoms with Crippen molar-refractivity contribution in [1.82, 2.24) is 4.90 Å². The summed E-state index contributed by atoms with van der Waals surface area (Å²) in [5, 5.41) is 3.02. The molecule has 5 nitrogen and oxygen atoms in total. The van der Waals surface area contributed by atoms with Crippen molar-refractivity contribution >= 4 is 23.3 Å². The second kappa shape index (κ2) is 5.74. The molecule has 124 valence electrons. The van der Waals surface area contributed by atoms with E-state index in [0.717, 1.165) is 22.4 Å². The van der Waals surface area contributed by atoms with Crippen LogP contribution in [0.2, 0.25) is 0 Å². The third kappa shape index (κ3) is 2.66. The molecule has 1 N–H and O–H groups in total. The number of rotatable bonds is 2. The van der Waals surface area contributed by atoms with Crippen LogP contribution in [0.1, 0.15) is 30.0 Å². The third-order valence-electron chi connectivity index (χ3n) is 4.51. The van der Waals surface area contributed by atoms with Gasteiger partial charge in [-0.15, -0.1) is 0 Å². The van der Waals surface area contributed by atoms with Crippen molar-refractivity contribution in [3.05, 3.63) is 53.3 Å². The van der Waals surface area contributed by atoms with Crippen LogP contribution in [0.5, 0.6) is 0 Å². The summed E-state index contributed by atoms with van der Waals surface area (Å²) < 4.78 is 0. The Morgan fingerprint density at radius 3 is 2.54 bits per heavy atom. The van der Waals surface area contributed by atoms with E-state index in [9.17, 15) is 9.59 Å². The summed E-state index contributed by atoms with van der Waals surface area (Å²) >= 11 is 0. The topological polar surface area (TPSA) is 61.8 Å². The Labute approximate surface area is 141 Å². The number of benzene rings is 1. The van der Waals surface area contributed by atoms with Gasteiger partial charge in [0.2, 0.25) is 0 Å². The van der Waals surface area contributed by atoms with Gasteiger partial charge in [0, 0.05) is 11.9 Å². The van der Waals surface area contributed by atoms with Crippen LogP contribution in [0.25, 0.3) is 0 Å². The molecule has 1 atom stereocenters. The summed E-state index contributed by atoms with van der Waals surface area (Å²) in [7, 11) is 0. The average Bonchev–Trinajstić information content (AvgIpc) is 2.50. The quantitative estimate of drug-likeness (QED) is 0.910. The van der Waals surface area contributed by atoms with E-state index < -0.39 is 5.54 Å². The number of carbonyl (C=O) groups is 2. The van der Waals surface area contributed by atoms with Gasteiger partial charge in [-0.1, -0.05) is 23.8 Å². The number of nitrogens with zero attached hydrogens (tertiary/aromatic N) is 2. The smallest absolute Gasteiger partial charge is 0.250 e. The lowest BCUT2D eigenvalue weighted by atomic mass is 9.90. The van der Waals surface area contributed by atoms with Gasteiger partial charge in [0.15, 0.2) is 0 Å². The molecule has 1 unspecified atom stereocenters. The van der Waals surface area contributed by atoms with Gasteiger partial charge in [-0.25, -0.2) is 0 Å². The number of aryl methyl sites for hydroxylation is 3. The molecule has 0 fully saturated rings. The van der Waals surface area contributed by atoms with Crippen molar-refractivity contribution in [3.63, 3.8) is 0 Å². The lowest BCUT2D eigenvalue weighted by Gasteiger charge is -2.41. The molecule has 2 heterocycles. The normalized spacial score (nSPS) is 22.2. The zero-order chi connectivity index (χ0) is 17.5. The van der Waals surface area contributed by atoms with Crippen molar-refractivity contribution in [2.75, 3.05) is 5.32 Å². The second-order valence-electron chi connectivity index (χ2n) is 6.61. The maximum absolute atomic E-state index is 13.1. The van der Waals surface area contributed by atoms with Crippen LogP contribution in [0, 0.1) is 20.8 Å². The molecular weight excluding hydrogens is 302 g/mol. The van der Waals surface area contributed by atoms with Gasteiger partial charge in [0.05, 0.1) is 6.42 Å². The first-order valence-corrected chi connectivity index (χ1v) is 7.96. The zero-order valence-electron chi connectivity index (χ0n) is 14.4. The van der Waals surface area contributed by atoms with Crippen LogP contribution in [0.15, 0.2) is 41.6 Å². The minimum atomic E-state index is -1.00. The van der Waals surface area contributed by atoms with E-state index in [0.29, 0.717) is 5.84 Å². The molecule has 0 aliphatic carbocycles. The number of amides is 2. The number of amidine groups is 1. The Bertz CT molecular complexity index is 797. The summed E-state index contributed by atoms with van der Waals surface area (Å²) in [5.41, 5.74) is 2.98. The molecule has 2 aliphatic rings. The molecule has 1 aromatic carbocycles. The molecule has 2 aliphatic heterocycles. The fourth-order valence-corrected chi connectivity index (χ4v) is 3.30. The lowest BCUT2D eigenvalue weighted by Crippen LogP contribution is -2.58. The standard InChI is InChI=1S/C19H21N3O2/c1-12-9-13(2)17(14(3)10-12)21-18(24)19(4)11-16(23)20-15-7-5-6-8-22(15)19/h5-10H,11H2,1-4H3,(H,21,24). The maximum atomic E-state index is 13.1. The Morgan fingerprint density at radius 2 is 1.88 bits per heavy atom. The lowest BCUT2D eigenvalue weighted by molar-refractivity contribution is -0.130. The Morgan fingerprint density at radius 1 is 1.21 bits per heavy atom. The SMILES string of the molecule is Cc1cc(C)c(NC(=O)C2(C)CC(=O)N=C3C=CC=CN32)c(C)c1. The number of nitrogens with one attached hydrogen (secondary N) is 1. The highest BCUT2D eigenvalue weighted by Gasteiger charge is 2.45. The summed E-state index contributed by atoms with van der Waals surface area (Å²) in [5.74, 6) is 0.0122. The molecule has 1 aromatic rings. The highest BCUT2D eigenvalue weighted by molar-refractivity contribution is 6.12. The Hall–Kier alpha value is -2.69. The second-order valence-corrected chi connectivity index (χ2v) is 6.61. The summed E-state index contributed by atoms with van der Waals surface area (Å²) in [4.78, 5) is 30.9. The molecule has 0 saturated carbocycles. The summed E-state index contributed by atoms with van der Waals surface area (Å²) in [6.07, 6.45) is 7.22. The Kier molecular flexibility index (Phi) is 3.87. The van der Waals surface area contributed by atoms with Gasteiger partial charge in [-0.05, 0) is 51.0 Å². The number of fused-ring (bicyclic) bond motifs is 1. The highest BCUT2D eigenvalue weighted by atomic mass is 16.2. The molecule has 0 radical (unpaired) electrons. The van der Waals surface area contributed by atoms with Crippen molar-refractivity contribution in [3.8, 4) is 0 Å². The van der Waals surface area contributed by atoms with Crippen LogP contribution in [0.4, 0.5) is 5.69 Å². The van der Waals surface area contributed by atoms with Gasteiger partial charge >= 0.3 is 0 Å². The molecule has 0 aromatic heterocycles. The van der Waals surface area contributed by atoms with Gasteiger partial charge in [-0.3, -0.25) is 9.59 Å². The number of aliphatic imine (C=N–C) groups is 1. The first-order chi connectivity index (χ1) is 11.3. The first-order valence-electron chi connectivity index (χ1n) is 7.96. The van der Waals surface area contributed by atoms with Crippen LogP contribution in [-0.2, 0) is 9.59 Å². The van der Waals surface area contributed by atoms with E-state index in [1.54, 1.807) is 30.2 Å². The molecule has 2 amide bonds. The average molecular weight is 323 g/mol. The van der Waals surface area contributed by atoms with Crippen LogP contribution in [0.3, 0.4) is 0 Å². The molecular formula is C19H21N3O2. The van der Waals surface area contributed by atoms with Crippen LogP contribution < -0.4 is 5.32 Å². The number of carbonyl (C=O) groups excluding carboxylic acids is 2. The van der Waals surface area contributed by atoms with E-state index in [1.807, 2.05) is 39.0 Å². The maximum Gasteiger partial charge on any atom is 0.250 e. The van der Waals surface area contributed by atoms with Crippen molar-refractivity contribution in [2.24, 2.45) is 4.99 Å². The van der Waals surface area contributed by atoms with Crippen molar-refractivity contribution in [2.45, 2.75) is 39.7 Å². The van der Waals surface area contributed by atoms with E-state index in [1.165, 1.54) is 0 Å². The Balaban J connectivity index is 1.95. The molecule has 0 saturated heterocycles. The molecule has 5 heteroatoms. The van der Waals surface area contributed by atoms with E-state index >= 15 is 0 Å². The van der Waals surface area contributed by atoms with E-state index in [-0.39, 0.29) is 18.2 Å². The van der Waals surface area contributed by atoms with Gasteiger partial charge < -0.3 is 10.2 Å². The minimum absolute atomic E-state index is 0.0461. The molecule has 0 spiro atoms. The van der Waals surface area contributed by atoms with Crippen LogP contribution >= 0.6 is 0 Å². The van der Waals surface area contributed by atoms with Gasteiger partial charge in [-0.2, -0.15) is 4.99 Å². The predicted molar refractivity (Wildman–Crippen MR) is 94.9 cm³/mol. The highest BCUT2D eigenvalue weighted by Crippen LogP contribution is 2.30. The van der Waals surface area contributed by atoms with E-state index in [2.05, 4.69) is 10.3 Å². The minimum Gasteiger partial charge on any atom is -0.324 e. The third-order valence-corrected chi connectivity index (χ3v) is 4.51. The summed E-state index contributed by atoms with van der Waals surface area (Å²) in [6, 6.07) is 4.07. The molecule has 3 rings (SSSR count). The number of hydrogen-bond donors (Lipinski definition) is 1.